The molecular formula is C19H22ClN5. The van der Waals surface area contributed by atoms with Crippen LogP contribution in [0, 0.1) is 0 Å². The summed E-state index contributed by atoms with van der Waals surface area (Å²) in [5.74, 6) is 1.09. The lowest BCUT2D eigenvalue weighted by atomic mass is 9.65. The molecule has 0 bridgehead atoms. The number of fused-ring (bicyclic) bond motifs is 3. The van der Waals surface area contributed by atoms with Crippen molar-refractivity contribution < 1.29 is 0 Å². The van der Waals surface area contributed by atoms with Gasteiger partial charge in [-0.25, -0.2) is 0 Å². The van der Waals surface area contributed by atoms with Gasteiger partial charge in [0.2, 0.25) is 0 Å². The van der Waals surface area contributed by atoms with Gasteiger partial charge in [0.25, 0.3) is 0 Å². The first-order valence-electron chi connectivity index (χ1n) is 8.95. The number of nitrogens with one attached hydrogen (secondary N) is 1. The fourth-order valence-electron chi connectivity index (χ4n) is 4.48. The highest BCUT2D eigenvalue weighted by Crippen LogP contribution is 2.53. The van der Waals surface area contributed by atoms with Crippen LogP contribution in [-0.4, -0.2) is 41.2 Å². The second-order valence-corrected chi connectivity index (χ2v) is 7.90. The molecule has 0 saturated heterocycles. The number of halogens is 1. The second kappa shape index (κ2) is 5.32. The number of likely N-dealkylation sites (N-methyl/N-ethyl adjacent to an activating group) is 1. The van der Waals surface area contributed by atoms with Gasteiger partial charge in [-0.1, -0.05) is 18.0 Å². The SMILES string of the molecule is CN=C1Nc2cc(-c3cc4n(n3)CCN(C)C4)c(Cl)cc2C12CCC2. The molecule has 0 atom stereocenters. The molecule has 25 heavy (non-hydrogen) atoms. The van der Waals surface area contributed by atoms with E-state index < -0.39 is 0 Å². The van der Waals surface area contributed by atoms with Crippen LogP contribution in [0.2, 0.25) is 5.02 Å². The number of anilines is 1. The fraction of sp³-hybridized carbons (Fsp3) is 0.474. The fourth-order valence-corrected chi connectivity index (χ4v) is 4.74. The number of benzene rings is 1. The smallest absolute Gasteiger partial charge is 0.111 e. The molecule has 1 aliphatic carbocycles. The predicted molar refractivity (Wildman–Crippen MR) is 102 cm³/mol. The Hall–Kier alpha value is -1.85. The second-order valence-electron chi connectivity index (χ2n) is 7.49. The van der Waals surface area contributed by atoms with Crippen molar-refractivity contribution in [2.75, 3.05) is 26.0 Å². The summed E-state index contributed by atoms with van der Waals surface area (Å²) in [6.45, 7) is 2.90. The van der Waals surface area contributed by atoms with E-state index in [0.717, 1.165) is 60.3 Å². The first-order valence-corrected chi connectivity index (χ1v) is 9.32. The highest BCUT2D eigenvalue weighted by atomic mass is 35.5. The number of hydrogen-bond acceptors (Lipinski definition) is 3. The zero-order chi connectivity index (χ0) is 17.2. The van der Waals surface area contributed by atoms with Crippen LogP contribution in [0.4, 0.5) is 5.69 Å². The zero-order valence-electron chi connectivity index (χ0n) is 14.6. The number of hydrogen-bond donors (Lipinski definition) is 1. The molecule has 5 rings (SSSR count). The molecule has 1 spiro atoms. The quantitative estimate of drug-likeness (QED) is 0.851. The minimum absolute atomic E-state index is 0.0718. The van der Waals surface area contributed by atoms with E-state index in [2.05, 4.69) is 45.1 Å². The monoisotopic (exact) mass is 355 g/mol. The third kappa shape index (κ3) is 2.12. The Morgan fingerprint density at radius 3 is 2.80 bits per heavy atom. The molecule has 2 aromatic rings. The van der Waals surface area contributed by atoms with Crippen molar-refractivity contribution in [3.05, 3.63) is 34.5 Å². The van der Waals surface area contributed by atoms with E-state index >= 15 is 0 Å². The van der Waals surface area contributed by atoms with Crippen molar-refractivity contribution >= 4 is 23.1 Å². The van der Waals surface area contributed by atoms with E-state index in [0.29, 0.717) is 0 Å². The largest absolute Gasteiger partial charge is 0.343 e. The summed E-state index contributed by atoms with van der Waals surface area (Å²) in [6.07, 6.45) is 3.56. The Bertz CT molecular complexity index is 893. The predicted octanol–water partition coefficient (Wildman–Crippen LogP) is 3.52. The lowest BCUT2D eigenvalue weighted by Gasteiger charge is -2.38. The van der Waals surface area contributed by atoms with E-state index in [1.807, 2.05) is 7.05 Å². The van der Waals surface area contributed by atoms with Gasteiger partial charge in [0.15, 0.2) is 0 Å². The van der Waals surface area contributed by atoms with Crippen molar-refractivity contribution in [3.8, 4) is 11.3 Å². The van der Waals surface area contributed by atoms with Gasteiger partial charge in [-0.2, -0.15) is 5.10 Å². The standard InChI is InChI=1S/C19H22ClN5/c1-21-18-19(4-3-5-19)14-10-15(20)13(9-17(14)22-18)16-8-12-11-24(2)6-7-25(12)23-16/h8-10H,3-7,11H2,1-2H3,(H,21,22). The van der Waals surface area contributed by atoms with Crippen LogP contribution >= 0.6 is 11.6 Å². The normalized spacial score (nSPS) is 22.6. The molecule has 5 nitrogen and oxygen atoms in total. The molecule has 2 aliphatic heterocycles. The van der Waals surface area contributed by atoms with Crippen molar-refractivity contribution in [2.24, 2.45) is 4.99 Å². The molecule has 1 fully saturated rings. The topological polar surface area (TPSA) is 45.5 Å². The van der Waals surface area contributed by atoms with Crippen LogP contribution in [0.1, 0.15) is 30.5 Å². The Morgan fingerprint density at radius 2 is 2.08 bits per heavy atom. The molecule has 0 amide bonds. The van der Waals surface area contributed by atoms with Gasteiger partial charge in [-0.05, 0) is 43.7 Å². The van der Waals surface area contributed by atoms with E-state index in [4.69, 9.17) is 16.7 Å². The first-order chi connectivity index (χ1) is 12.1. The van der Waals surface area contributed by atoms with E-state index in [1.165, 1.54) is 17.7 Å². The molecule has 6 heteroatoms. The minimum Gasteiger partial charge on any atom is -0.343 e. The lowest BCUT2D eigenvalue weighted by molar-refractivity contribution is 0.259. The summed E-state index contributed by atoms with van der Waals surface area (Å²) in [4.78, 5) is 6.82. The first kappa shape index (κ1) is 15.4. The van der Waals surface area contributed by atoms with Crippen molar-refractivity contribution in [1.82, 2.24) is 14.7 Å². The van der Waals surface area contributed by atoms with E-state index in [-0.39, 0.29) is 5.41 Å². The van der Waals surface area contributed by atoms with Gasteiger partial charge < -0.3 is 5.32 Å². The van der Waals surface area contributed by atoms with Crippen LogP contribution < -0.4 is 5.32 Å². The summed E-state index contributed by atoms with van der Waals surface area (Å²) in [5.41, 5.74) is 5.73. The molecule has 1 aromatic carbocycles. The van der Waals surface area contributed by atoms with Gasteiger partial charge in [0.05, 0.1) is 28.4 Å². The Labute approximate surface area is 152 Å². The van der Waals surface area contributed by atoms with E-state index in [9.17, 15) is 0 Å². The molecule has 1 saturated carbocycles. The van der Waals surface area contributed by atoms with Crippen molar-refractivity contribution in [2.45, 2.75) is 37.8 Å². The van der Waals surface area contributed by atoms with Crippen molar-refractivity contribution in [3.63, 3.8) is 0 Å². The van der Waals surface area contributed by atoms with Gasteiger partial charge in [0, 0.05) is 31.4 Å². The van der Waals surface area contributed by atoms with Crippen LogP contribution in [-0.2, 0) is 18.5 Å². The van der Waals surface area contributed by atoms with Gasteiger partial charge in [-0.3, -0.25) is 14.6 Å². The summed E-state index contributed by atoms with van der Waals surface area (Å²) in [5, 5.41) is 9.12. The van der Waals surface area contributed by atoms with Crippen molar-refractivity contribution in [1.29, 1.82) is 0 Å². The third-order valence-corrected chi connectivity index (χ3v) is 6.34. The number of nitrogens with zero attached hydrogens (tertiary/aromatic N) is 4. The summed E-state index contributed by atoms with van der Waals surface area (Å²) < 4.78 is 2.11. The van der Waals surface area contributed by atoms with Gasteiger partial charge >= 0.3 is 0 Å². The maximum Gasteiger partial charge on any atom is 0.111 e. The maximum absolute atomic E-state index is 6.71. The number of aromatic nitrogens is 2. The Balaban J connectivity index is 1.59. The van der Waals surface area contributed by atoms with Gasteiger partial charge in [-0.15, -0.1) is 0 Å². The molecule has 1 N–H and O–H groups in total. The molecule has 130 valence electrons. The number of rotatable bonds is 1. The molecule has 0 unspecified atom stereocenters. The van der Waals surface area contributed by atoms with Gasteiger partial charge in [0.1, 0.15) is 5.84 Å². The average molecular weight is 356 g/mol. The summed E-state index contributed by atoms with van der Waals surface area (Å²) in [7, 11) is 4.02. The Kier molecular flexibility index (Phi) is 3.28. The summed E-state index contributed by atoms with van der Waals surface area (Å²) in [6, 6.07) is 6.47. The molecular weight excluding hydrogens is 334 g/mol. The van der Waals surface area contributed by atoms with E-state index in [1.54, 1.807) is 0 Å². The average Bonchev–Trinajstić information content (AvgIpc) is 3.10. The lowest BCUT2D eigenvalue weighted by Crippen LogP contribution is -2.41. The number of aliphatic imine (C=N–C) groups is 1. The molecule has 3 aliphatic rings. The van der Waals surface area contributed by atoms with Crippen LogP contribution in [0.15, 0.2) is 23.2 Å². The Morgan fingerprint density at radius 1 is 1.24 bits per heavy atom. The van der Waals surface area contributed by atoms with Crippen LogP contribution in [0.3, 0.4) is 0 Å². The minimum atomic E-state index is 0.0718. The van der Waals surface area contributed by atoms with Crippen LogP contribution in [0.25, 0.3) is 11.3 Å². The highest BCUT2D eigenvalue weighted by molar-refractivity contribution is 6.33. The highest BCUT2D eigenvalue weighted by Gasteiger charge is 2.49. The molecule has 0 radical (unpaired) electrons. The molecule has 3 heterocycles. The third-order valence-electron chi connectivity index (χ3n) is 6.02. The zero-order valence-corrected chi connectivity index (χ0v) is 15.4. The number of amidine groups is 1. The van der Waals surface area contributed by atoms with Crippen LogP contribution in [0.5, 0.6) is 0 Å². The summed E-state index contributed by atoms with van der Waals surface area (Å²) >= 11 is 6.71. The maximum atomic E-state index is 6.71. The molecule has 1 aromatic heterocycles.